The number of carbonyl (C=O) groups is 1. The molecule has 20 heavy (non-hydrogen) atoms. The van der Waals surface area contributed by atoms with Crippen LogP contribution in [-0.2, 0) is 6.54 Å². The second-order valence-corrected chi connectivity index (χ2v) is 5.02. The molecular weight excluding hydrogens is 278 g/mol. The van der Waals surface area contributed by atoms with Gasteiger partial charge in [-0.1, -0.05) is 5.21 Å². The van der Waals surface area contributed by atoms with Gasteiger partial charge in [0.05, 0.1) is 24.6 Å². The predicted octanol–water partition coefficient (Wildman–Crippen LogP) is 0.295. The molecule has 3 rings (SSSR count). The van der Waals surface area contributed by atoms with Crippen LogP contribution in [0, 0.1) is 0 Å². The van der Waals surface area contributed by atoms with Gasteiger partial charge in [0, 0.05) is 18.1 Å². The first kappa shape index (κ1) is 12.5. The number of hydrogen-bond acceptors (Lipinski definition) is 7. The van der Waals surface area contributed by atoms with Gasteiger partial charge in [-0.25, -0.2) is 0 Å². The zero-order valence-electron chi connectivity index (χ0n) is 10.4. The van der Waals surface area contributed by atoms with E-state index in [1.165, 1.54) is 11.3 Å². The smallest absolute Gasteiger partial charge is 0.263 e. The molecule has 0 bridgehead atoms. The number of aromatic nitrogens is 5. The maximum absolute atomic E-state index is 12.1. The number of nitrogen functional groups attached to an aromatic ring is 1. The SMILES string of the molecule is Nc1c(C(=O)NCCn2ccnn2)sc2nnccc12. The van der Waals surface area contributed by atoms with Crippen LogP contribution in [0.3, 0.4) is 0 Å². The Kier molecular flexibility index (Phi) is 3.25. The zero-order valence-corrected chi connectivity index (χ0v) is 11.2. The van der Waals surface area contributed by atoms with Crippen molar-refractivity contribution in [3.63, 3.8) is 0 Å². The molecule has 102 valence electrons. The van der Waals surface area contributed by atoms with Crippen LogP contribution >= 0.6 is 11.3 Å². The summed E-state index contributed by atoms with van der Waals surface area (Å²) < 4.78 is 1.64. The van der Waals surface area contributed by atoms with E-state index in [0.717, 1.165) is 5.39 Å². The van der Waals surface area contributed by atoms with E-state index in [1.54, 1.807) is 29.3 Å². The van der Waals surface area contributed by atoms with E-state index < -0.39 is 0 Å². The Morgan fingerprint density at radius 3 is 3.05 bits per heavy atom. The van der Waals surface area contributed by atoms with E-state index in [0.29, 0.717) is 28.5 Å². The quantitative estimate of drug-likeness (QED) is 0.714. The van der Waals surface area contributed by atoms with Crippen LogP contribution in [0.2, 0.25) is 0 Å². The molecule has 3 N–H and O–H groups in total. The van der Waals surface area contributed by atoms with Crippen molar-refractivity contribution >= 4 is 33.1 Å². The van der Waals surface area contributed by atoms with Gasteiger partial charge in [-0.2, -0.15) is 5.10 Å². The molecule has 0 fully saturated rings. The molecule has 1 amide bonds. The topological polar surface area (TPSA) is 112 Å². The van der Waals surface area contributed by atoms with E-state index >= 15 is 0 Å². The van der Waals surface area contributed by atoms with Gasteiger partial charge < -0.3 is 11.1 Å². The fraction of sp³-hybridized carbons (Fsp3) is 0.182. The predicted molar refractivity (Wildman–Crippen MR) is 74.2 cm³/mol. The number of fused-ring (bicyclic) bond motifs is 1. The molecule has 8 nitrogen and oxygen atoms in total. The van der Waals surface area contributed by atoms with E-state index in [1.807, 2.05) is 0 Å². The van der Waals surface area contributed by atoms with Crippen molar-refractivity contribution in [2.24, 2.45) is 0 Å². The minimum atomic E-state index is -0.217. The number of amides is 1. The zero-order chi connectivity index (χ0) is 13.9. The lowest BCUT2D eigenvalue weighted by Crippen LogP contribution is -2.27. The summed E-state index contributed by atoms with van der Waals surface area (Å²) >= 11 is 1.23. The summed E-state index contributed by atoms with van der Waals surface area (Å²) in [5.74, 6) is -0.217. The minimum Gasteiger partial charge on any atom is -0.397 e. The average Bonchev–Trinajstić information content (AvgIpc) is 3.08. The fourth-order valence-electron chi connectivity index (χ4n) is 1.76. The summed E-state index contributed by atoms with van der Waals surface area (Å²) in [6, 6.07) is 1.75. The largest absolute Gasteiger partial charge is 0.397 e. The van der Waals surface area contributed by atoms with Gasteiger partial charge >= 0.3 is 0 Å². The van der Waals surface area contributed by atoms with Gasteiger partial charge in [-0.3, -0.25) is 9.48 Å². The van der Waals surface area contributed by atoms with Gasteiger partial charge in [0.25, 0.3) is 5.91 Å². The van der Waals surface area contributed by atoms with Gasteiger partial charge in [0.2, 0.25) is 0 Å². The highest BCUT2D eigenvalue weighted by atomic mass is 32.1. The molecule has 0 unspecified atom stereocenters. The first-order valence-electron chi connectivity index (χ1n) is 5.87. The van der Waals surface area contributed by atoms with Crippen LogP contribution < -0.4 is 11.1 Å². The molecule has 0 saturated heterocycles. The molecule has 3 heterocycles. The van der Waals surface area contributed by atoms with E-state index in [2.05, 4.69) is 25.8 Å². The third kappa shape index (κ3) is 2.30. The molecule has 3 aromatic heterocycles. The molecule has 3 aromatic rings. The summed E-state index contributed by atoms with van der Waals surface area (Å²) in [6.45, 7) is 0.998. The van der Waals surface area contributed by atoms with Gasteiger partial charge in [0.15, 0.2) is 0 Å². The molecule has 0 aliphatic heterocycles. The van der Waals surface area contributed by atoms with E-state index in [9.17, 15) is 4.79 Å². The fourth-order valence-corrected chi connectivity index (χ4v) is 2.71. The summed E-state index contributed by atoms with van der Waals surface area (Å²) in [4.78, 5) is 13.2. The highest BCUT2D eigenvalue weighted by Gasteiger charge is 2.16. The van der Waals surface area contributed by atoms with Crippen molar-refractivity contribution in [3.05, 3.63) is 29.5 Å². The van der Waals surface area contributed by atoms with Gasteiger partial charge in [0.1, 0.15) is 9.71 Å². The number of rotatable bonds is 4. The van der Waals surface area contributed by atoms with Crippen molar-refractivity contribution in [2.75, 3.05) is 12.3 Å². The Balaban J connectivity index is 1.71. The van der Waals surface area contributed by atoms with Crippen LogP contribution in [0.4, 0.5) is 5.69 Å². The lowest BCUT2D eigenvalue weighted by atomic mass is 10.3. The molecule has 0 radical (unpaired) electrons. The molecule has 0 saturated carbocycles. The van der Waals surface area contributed by atoms with Crippen molar-refractivity contribution in [2.45, 2.75) is 6.54 Å². The molecule has 9 heteroatoms. The second kappa shape index (κ2) is 5.21. The molecule has 0 aromatic carbocycles. The van der Waals surface area contributed by atoms with Crippen LogP contribution in [0.15, 0.2) is 24.7 Å². The summed E-state index contributed by atoms with van der Waals surface area (Å²) in [7, 11) is 0. The minimum absolute atomic E-state index is 0.217. The van der Waals surface area contributed by atoms with Crippen molar-refractivity contribution in [1.29, 1.82) is 0 Å². The van der Waals surface area contributed by atoms with Crippen molar-refractivity contribution < 1.29 is 4.79 Å². The maximum atomic E-state index is 12.1. The highest BCUT2D eigenvalue weighted by molar-refractivity contribution is 7.21. The number of nitrogens with two attached hydrogens (primary N) is 1. The number of carbonyl (C=O) groups excluding carboxylic acids is 1. The van der Waals surface area contributed by atoms with Crippen LogP contribution in [0.1, 0.15) is 9.67 Å². The number of hydrogen-bond donors (Lipinski definition) is 2. The number of nitrogens with one attached hydrogen (secondary N) is 1. The molecule has 0 spiro atoms. The second-order valence-electron chi connectivity index (χ2n) is 4.02. The summed E-state index contributed by atoms with van der Waals surface area (Å²) in [5.41, 5.74) is 6.40. The number of anilines is 1. The van der Waals surface area contributed by atoms with Crippen molar-refractivity contribution in [1.82, 2.24) is 30.5 Å². The van der Waals surface area contributed by atoms with Crippen LogP contribution in [-0.4, -0.2) is 37.6 Å². The van der Waals surface area contributed by atoms with Gasteiger partial charge in [-0.05, 0) is 6.07 Å². The lowest BCUT2D eigenvalue weighted by Gasteiger charge is -2.04. The Bertz CT molecular complexity index is 736. The monoisotopic (exact) mass is 289 g/mol. The molecule has 0 atom stereocenters. The van der Waals surface area contributed by atoms with Gasteiger partial charge in [-0.15, -0.1) is 21.5 Å². The normalized spacial score (nSPS) is 10.8. The summed E-state index contributed by atoms with van der Waals surface area (Å²) in [6.07, 6.45) is 4.87. The van der Waals surface area contributed by atoms with Crippen molar-refractivity contribution in [3.8, 4) is 0 Å². The third-order valence-electron chi connectivity index (χ3n) is 2.72. The standard InChI is InChI=1S/C11H11N7OS/c12-8-7-1-2-14-16-11(7)20-9(8)10(19)13-3-5-18-6-4-15-17-18/h1-2,4,6H,3,5,12H2,(H,13,19). The average molecular weight is 289 g/mol. The van der Waals surface area contributed by atoms with E-state index in [4.69, 9.17) is 5.73 Å². The van der Waals surface area contributed by atoms with E-state index in [-0.39, 0.29) is 5.91 Å². The Labute approximate surface area is 117 Å². The number of nitrogens with zero attached hydrogens (tertiary/aromatic N) is 5. The first-order valence-corrected chi connectivity index (χ1v) is 6.69. The Morgan fingerprint density at radius 2 is 2.30 bits per heavy atom. The molecule has 0 aliphatic carbocycles. The highest BCUT2D eigenvalue weighted by Crippen LogP contribution is 2.31. The molecule has 0 aliphatic rings. The van der Waals surface area contributed by atoms with Crippen LogP contribution in [0.25, 0.3) is 10.2 Å². The third-order valence-corrected chi connectivity index (χ3v) is 3.83. The molecular formula is C11H11N7OS. The Morgan fingerprint density at radius 1 is 1.40 bits per heavy atom. The summed E-state index contributed by atoms with van der Waals surface area (Å²) in [5, 5.41) is 18.8. The lowest BCUT2D eigenvalue weighted by molar-refractivity contribution is 0.0957. The van der Waals surface area contributed by atoms with Crippen LogP contribution in [0.5, 0.6) is 0 Å². The first-order chi connectivity index (χ1) is 9.75. The maximum Gasteiger partial charge on any atom is 0.263 e. The number of thiophene rings is 1. The Hall–Kier alpha value is -2.55.